The second-order valence-electron chi connectivity index (χ2n) is 24.6. The molecular formula is C79H91F3N6O19. The van der Waals surface area contributed by atoms with Crippen molar-refractivity contribution >= 4 is 29.7 Å². The minimum absolute atomic E-state index is 0.0399. The number of terminal acetylenes is 4. The second kappa shape index (κ2) is 45.4. The summed E-state index contributed by atoms with van der Waals surface area (Å²) in [6.07, 6.45) is 17.8. The quantitative estimate of drug-likeness (QED) is 0.00800. The Labute approximate surface area is 620 Å². The average molecular weight is 1490 g/mol. The van der Waals surface area contributed by atoms with Crippen LogP contribution in [0.5, 0.6) is 57.5 Å². The van der Waals surface area contributed by atoms with Gasteiger partial charge in [0.2, 0.25) is 0 Å². The first kappa shape index (κ1) is 87.6. The van der Waals surface area contributed by atoms with Crippen LogP contribution < -0.4 is 49.7 Å². The number of nitrogens with zero attached hydrogens (tertiary/aromatic N) is 2. The van der Waals surface area contributed by atoms with Gasteiger partial charge in [-0.15, -0.1) is 35.9 Å². The molecule has 2 aliphatic rings. The third-order valence-electron chi connectivity index (χ3n) is 14.7. The molecular weight excluding hydrogens is 1390 g/mol. The largest absolute Gasteiger partial charge is 0.508 e. The predicted molar refractivity (Wildman–Crippen MR) is 392 cm³/mol. The maximum absolute atomic E-state index is 13.1. The molecule has 0 spiro atoms. The van der Waals surface area contributed by atoms with E-state index in [-0.39, 0.29) is 120 Å². The van der Waals surface area contributed by atoms with E-state index in [0.717, 1.165) is 30.9 Å². The zero-order valence-corrected chi connectivity index (χ0v) is 60.8. The van der Waals surface area contributed by atoms with Crippen molar-refractivity contribution in [2.75, 3.05) is 86.6 Å². The third kappa shape index (κ3) is 31.2. The van der Waals surface area contributed by atoms with Crippen LogP contribution >= 0.6 is 0 Å². The number of hydrogen-bond donors (Lipinski definition) is 9. The van der Waals surface area contributed by atoms with Crippen LogP contribution in [-0.4, -0.2) is 160 Å². The summed E-state index contributed by atoms with van der Waals surface area (Å²) in [6.45, 7) is 16.2. The van der Waals surface area contributed by atoms with Crippen LogP contribution in [0, 0.1) is 67.1 Å². The molecule has 9 N–H and O–H groups in total. The molecule has 0 radical (unpaired) electrons. The van der Waals surface area contributed by atoms with Crippen molar-refractivity contribution in [3.8, 4) is 107 Å². The second-order valence-corrected chi connectivity index (χ2v) is 24.6. The Hall–Kier alpha value is -11.8. The highest BCUT2D eigenvalue weighted by atomic mass is 19.4. The summed E-state index contributed by atoms with van der Waals surface area (Å²) in [6, 6.07) is 28.0. The zero-order valence-electron chi connectivity index (χ0n) is 60.8. The minimum atomic E-state index is -4.57. The molecule has 0 bridgehead atoms. The summed E-state index contributed by atoms with van der Waals surface area (Å²) in [7, 11) is 2.43. The smallest absolute Gasteiger partial charge is 0.442 e. The number of phenolic OH excluding ortho intramolecular Hbond substituents is 4. The number of benzene rings is 6. The number of methoxy groups -OCH3 is 2. The molecule has 572 valence electrons. The molecule has 25 nitrogen and oxygen atoms in total. The van der Waals surface area contributed by atoms with Gasteiger partial charge in [0, 0.05) is 38.3 Å². The highest BCUT2D eigenvalue weighted by molar-refractivity contribution is 5.99. The van der Waals surface area contributed by atoms with E-state index in [1.54, 1.807) is 48.5 Å². The van der Waals surface area contributed by atoms with Crippen molar-refractivity contribution in [1.29, 1.82) is 0 Å². The molecule has 1 saturated heterocycles. The van der Waals surface area contributed by atoms with E-state index in [9.17, 15) is 52.5 Å². The maximum Gasteiger partial charge on any atom is 0.442 e. The molecule has 2 heterocycles. The molecule has 6 aromatic carbocycles. The maximum atomic E-state index is 13.1. The van der Waals surface area contributed by atoms with Crippen molar-refractivity contribution in [3.05, 3.63) is 154 Å². The lowest BCUT2D eigenvalue weighted by atomic mass is 10.0. The Morgan fingerprint density at radius 2 is 0.907 bits per heavy atom. The number of esters is 2. The van der Waals surface area contributed by atoms with Crippen LogP contribution in [0.2, 0.25) is 0 Å². The fourth-order valence-electron chi connectivity index (χ4n) is 8.75. The van der Waals surface area contributed by atoms with Crippen LogP contribution in [0.3, 0.4) is 0 Å². The van der Waals surface area contributed by atoms with Gasteiger partial charge in [0.1, 0.15) is 120 Å². The third-order valence-corrected chi connectivity index (χ3v) is 14.7. The van der Waals surface area contributed by atoms with Gasteiger partial charge < -0.3 is 89.4 Å². The molecule has 6 aromatic rings. The van der Waals surface area contributed by atoms with Crippen LogP contribution in [0.25, 0.3) is 0 Å². The molecule has 1 fully saturated rings. The number of nitrogens with one attached hydrogen (secondary N) is 4. The first-order chi connectivity index (χ1) is 51.0. The summed E-state index contributed by atoms with van der Waals surface area (Å²) in [5, 5.41) is 65.4. The lowest BCUT2D eigenvalue weighted by Gasteiger charge is -2.17. The fraction of sp³-hybridized carbons (Fsp3) is 0.380. The van der Waals surface area contributed by atoms with Gasteiger partial charge in [-0.1, -0.05) is 89.5 Å². The van der Waals surface area contributed by atoms with Crippen molar-refractivity contribution < 1.29 is 105 Å². The molecule has 0 saturated carbocycles. The van der Waals surface area contributed by atoms with Gasteiger partial charge in [0.25, 0.3) is 17.7 Å². The molecule has 0 aliphatic carbocycles. The zero-order chi connectivity index (χ0) is 79.1. The van der Waals surface area contributed by atoms with Gasteiger partial charge in [-0.05, 0) is 134 Å². The van der Waals surface area contributed by atoms with Gasteiger partial charge in [-0.3, -0.25) is 14.4 Å². The van der Waals surface area contributed by atoms with E-state index in [0.29, 0.717) is 91.5 Å². The molecule has 2 aliphatic heterocycles. The van der Waals surface area contributed by atoms with Crippen LogP contribution in [0.15, 0.2) is 125 Å². The number of alkyl halides is 3. The number of aliphatic hydroxyl groups is 1. The Morgan fingerprint density at radius 1 is 0.533 bits per heavy atom. The summed E-state index contributed by atoms with van der Waals surface area (Å²) < 4.78 is 85.8. The normalized spacial score (nSPS) is 12.7. The highest BCUT2D eigenvalue weighted by Gasteiger charge is 2.65. The fourth-order valence-corrected chi connectivity index (χ4v) is 8.75. The molecule has 107 heavy (non-hydrogen) atoms. The Balaban J connectivity index is 0.000000302. The number of hydrogen-bond acceptors (Lipinski definition) is 22. The Kier molecular flexibility index (Phi) is 37.2. The summed E-state index contributed by atoms with van der Waals surface area (Å²) in [4.78, 5) is 59.2. The summed E-state index contributed by atoms with van der Waals surface area (Å²) >= 11 is 0. The number of rotatable bonds is 33. The first-order valence-electron chi connectivity index (χ1n) is 33.6. The number of carbonyl (C=O) groups is 5. The molecule has 28 heteroatoms. The van der Waals surface area contributed by atoms with Gasteiger partial charge in [0.05, 0.1) is 37.5 Å². The van der Waals surface area contributed by atoms with Crippen molar-refractivity contribution in [2.45, 2.75) is 91.4 Å². The number of epoxide rings is 1. The number of amides is 3. The van der Waals surface area contributed by atoms with E-state index in [1.807, 2.05) is 0 Å². The van der Waals surface area contributed by atoms with Crippen molar-refractivity contribution in [2.24, 2.45) is 28.0 Å². The van der Waals surface area contributed by atoms with Gasteiger partial charge in [0.15, 0.2) is 0 Å². The van der Waals surface area contributed by atoms with E-state index >= 15 is 0 Å². The first-order valence-corrected chi connectivity index (χ1v) is 33.6. The predicted octanol–water partition coefficient (Wildman–Crippen LogP) is 10.7. The number of phenols is 4. The number of ether oxygens (including phenoxy) is 9. The number of carbonyl (C=O) groups excluding carboxylic acids is 5. The molecule has 2 unspecified atom stereocenters. The lowest BCUT2D eigenvalue weighted by molar-refractivity contribution is -0.166. The van der Waals surface area contributed by atoms with Crippen LogP contribution in [0.1, 0.15) is 124 Å². The minimum Gasteiger partial charge on any atom is -0.508 e. The highest BCUT2D eigenvalue weighted by Crippen LogP contribution is 2.52. The van der Waals surface area contributed by atoms with E-state index in [1.165, 1.54) is 74.9 Å². The van der Waals surface area contributed by atoms with Crippen LogP contribution in [-0.2, 0) is 26.4 Å². The molecule has 3 amide bonds. The monoisotopic (exact) mass is 1480 g/mol. The van der Waals surface area contributed by atoms with Crippen molar-refractivity contribution in [3.63, 3.8) is 0 Å². The lowest BCUT2D eigenvalue weighted by Crippen LogP contribution is -2.32. The number of halogens is 3. The number of aliphatic hydroxyl groups excluding tert-OH is 1. The average Bonchev–Trinajstić information content (AvgIpc) is 1.58. The Bertz CT molecular complexity index is 4070. The molecule has 0 aromatic heterocycles. The molecule has 8 rings (SSSR count). The summed E-state index contributed by atoms with van der Waals surface area (Å²) in [5.74, 6) is 10.9. The number of aromatic hydroxyl groups is 4. The van der Waals surface area contributed by atoms with E-state index in [2.05, 4.69) is 106 Å². The van der Waals surface area contributed by atoms with Gasteiger partial charge in [-0.25, -0.2) is 9.59 Å². The topological polar surface area (TPSA) is 346 Å². The van der Waals surface area contributed by atoms with Gasteiger partial charge >= 0.3 is 23.8 Å². The SMILES string of the molecule is C#CCOc1ccc(O)c(C(=O)NCCC(C)C)c1.C#CCOc1ccc(O)c(C(=O)OC)c1.C#CCOc1ccc(OCC(O)CNCc2ccc(C3(C(F)(F)F)N=N3)cc2)c(C(=O)NCCC(C)C)c1.C#CCOc1ccc(OCC2CO2)c(C(=O)NCCC(C)C)c1.COC(=O)c1cc(O)ccc1O. The van der Waals surface area contributed by atoms with E-state index in [4.69, 9.17) is 69.1 Å². The van der Waals surface area contributed by atoms with Crippen molar-refractivity contribution in [1.82, 2.24) is 21.3 Å². The molecule has 2 atom stereocenters. The Morgan fingerprint density at radius 3 is 1.30 bits per heavy atom. The standard InChI is InChI=1S/C27H31F3N4O4.C18H23NO4.C15H19NO3.C11H10O4.C8H8O4/c1-4-13-37-22-9-10-24(23(14-22)25(36)32-12-11-18(2)3)38-17-21(35)16-31-15-19-5-7-20(8-6-19)26(33-34-26)27(28,29)30;1-4-9-21-14-5-6-17(23-12-15-11-22-15)16(10-14)18(20)19-8-7-13(2)3;1-4-9-19-12-5-6-14(17)13(10-12)15(18)16-8-7-11(2)3;1-3-6-15-8-4-5-10(12)9(7-8)11(13)14-2;1-12-8(11)6-4-5(9)2-3-7(6)10/h1,5-10,14,18,21,31,35H,11-13,15-17H2,2-3H3,(H,32,36);1,5-6,10,13,15H,7-9,11-12H2,2-3H3,(H,19,20);1,5-6,10-11,17H,7-9H2,2-3H3,(H,16,18);1,4-5,7,12H,6H2,2H3;2-4,9-10H,1H3. The van der Waals surface area contributed by atoms with Crippen LogP contribution in [0.4, 0.5) is 13.2 Å². The summed E-state index contributed by atoms with van der Waals surface area (Å²) in [5.41, 5.74) is -0.854. The van der Waals surface area contributed by atoms with E-state index < -0.39 is 29.9 Å². The van der Waals surface area contributed by atoms with Gasteiger partial charge in [-0.2, -0.15) is 13.2 Å².